The molecule has 0 bridgehead atoms. The van der Waals surface area contributed by atoms with Crippen LogP contribution >= 0.6 is 0 Å². The van der Waals surface area contributed by atoms with Gasteiger partial charge in [-0.25, -0.2) is 4.39 Å². The molecule has 2 rings (SSSR count). The van der Waals surface area contributed by atoms with E-state index >= 15 is 0 Å². The minimum atomic E-state index is -1.07. The van der Waals surface area contributed by atoms with Gasteiger partial charge in [0.15, 0.2) is 0 Å². The minimum absolute atomic E-state index is 0.0811. The third-order valence-electron chi connectivity index (χ3n) is 2.36. The molecule has 8 heteroatoms. The lowest BCUT2D eigenvalue weighted by Crippen LogP contribution is -2.14. The second kappa shape index (κ2) is 5.31. The molecule has 0 aliphatic rings. The molecule has 0 spiro atoms. The van der Waals surface area contributed by atoms with E-state index in [0.29, 0.717) is 5.56 Å². The van der Waals surface area contributed by atoms with E-state index in [1.165, 1.54) is 30.4 Å². The molecule has 0 fully saturated rings. The molecule has 0 unspecified atom stereocenters. The number of aromatic amines is 1. The van der Waals surface area contributed by atoms with Crippen molar-refractivity contribution in [1.82, 2.24) is 9.97 Å². The molecule has 1 aromatic carbocycles. The van der Waals surface area contributed by atoms with Crippen LogP contribution < -0.4 is 5.56 Å². The molecule has 0 aliphatic carbocycles. The summed E-state index contributed by atoms with van der Waals surface area (Å²) < 4.78 is 12.9. The third-order valence-corrected chi connectivity index (χ3v) is 2.36. The molecular formula is C12H8FN3O4. The largest absolute Gasteiger partial charge is 0.488 e. The molecule has 20 heavy (non-hydrogen) atoms. The van der Waals surface area contributed by atoms with Crippen molar-refractivity contribution >= 4 is 17.8 Å². The van der Waals surface area contributed by atoms with Gasteiger partial charge in [0.25, 0.3) is 5.88 Å². The number of H-pyrrole nitrogens is 1. The van der Waals surface area contributed by atoms with Crippen LogP contribution in [0.15, 0.2) is 29.1 Å². The van der Waals surface area contributed by atoms with Gasteiger partial charge in [-0.3, -0.25) is 14.9 Å². The summed E-state index contributed by atoms with van der Waals surface area (Å²) in [7, 11) is 0. The molecular weight excluding hydrogens is 269 g/mol. The number of benzene rings is 1. The van der Waals surface area contributed by atoms with Crippen LogP contribution in [0.4, 0.5) is 10.1 Å². The van der Waals surface area contributed by atoms with E-state index < -0.39 is 27.9 Å². The zero-order valence-corrected chi connectivity index (χ0v) is 9.91. The first-order valence-electron chi connectivity index (χ1n) is 5.38. The summed E-state index contributed by atoms with van der Waals surface area (Å²) in [5.74, 6) is -1.49. The van der Waals surface area contributed by atoms with Gasteiger partial charge in [-0.15, -0.1) is 0 Å². The first-order valence-corrected chi connectivity index (χ1v) is 5.38. The first kappa shape index (κ1) is 13.4. The number of hydrogen-bond donors (Lipinski definition) is 2. The highest BCUT2D eigenvalue weighted by molar-refractivity contribution is 5.66. The molecule has 2 N–H and O–H groups in total. The lowest BCUT2D eigenvalue weighted by Gasteiger charge is -1.97. The normalized spacial score (nSPS) is 10.8. The van der Waals surface area contributed by atoms with Crippen molar-refractivity contribution in [2.75, 3.05) is 0 Å². The molecule has 0 saturated heterocycles. The Hall–Kier alpha value is -3.03. The zero-order valence-electron chi connectivity index (χ0n) is 9.91. The topological polar surface area (TPSA) is 109 Å². The van der Waals surface area contributed by atoms with Crippen molar-refractivity contribution in [3.8, 4) is 5.88 Å². The van der Waals surface area contributed by atoms with Gasteiger partial charge < -0.3 is 10.1 Å². The Morgan fingerprint density at radius 3 is 2.75 bits per heavy atom. The standard InChI is InChI=1S/C12H8FN3O4/c13-8-3-1-2-7(6-8)4-5-9-14-11(17)10(16(19)20)12(18)15-9/h1-6H,(H2,14,15,17,18)/b5-4+. The fourth-order valence-electron chi connectivity index (χ4n) is 1.50. The number of nitrogens with zero attached hydrogens (tertiary/aromatic N) is 2. The molecule has 2 aromatic rings. The van der Waals surface area contributed by atoms with Gasteiger partial charge in [0.2, 0.25) is 0 Å². The number of halogens is 1. The van der Waals surface area contributed by atoms with Crippen LogP contribution in [0.2, 0.25) is 0 Å². The van der Waals surface area contributed by atoms with Crippen molar-refractivity contribution < 1.29 is 14.4 Å². The Kier molecular flexibility index (Phi) is 3.56. The minimum Gasteiger partial charge on any atom is -0.488 e. The van der Waals surface area contributed by atoms with E-state index in [2.05, 4.69) is 9.97 Å². The fourth-order valence-corrected chi connectivity index (χ4v) is 1.50. The molecule has 0 atom stereocenters. The highest BCUT2D eigenvalue weighted by Crippen LogP contribution is 2.17. The van der Waals surface area contributed by atoms with Crippen molar-refractivity contribution in [1.29, 1.82) is 0 Å². The van der Waals surface area contributed by atoms with Crippen LogP contribution in [-0.2, 0) is 0 Å². The maximum atomic E-state index is 12.9. The van der Waals surface area contributed by atoms with Crippen LogP contribution in [0, 0.1) is 15.9 Å². The van der Waals surface area contributed by atoms with E-state index in [-0.39, 0.29) is 5.82 Å². The summed E-state index contributed by atoms with van der Waals surface area (Å²) in [5.41, 5.74) is -1.58. The zero-order chi connectivity index (χ0) is 14.7. The summed E-state index contributed by atoms with van der Waals surface area (Å²) in [6, 6.07) is 5.64. The number of aromatic nitrogens is 2. The van der Waals surface area contributed by atoms with Crippen molar-refractivity contribution in [2.45, 2.75) is 0 Å². The lowest BCUT2D eigenvalue weighted by atomic mass is 10.2. The van der Waals surface area contributed by atoms with Crippen LogP contribution in [0.1, 0.15) is 11.4 Å². The lowest BCUT2D eigenvalue weighted by molar-refractivity contribution is -0.387. The van der Waals surface area contributed by atoms with Gasteiger partial charge in [0, 0.05) is 0 Å². The Morgan fingerprint density at radius 2 is 2.15 bits per heavy atom. The second-order valence-corrected chi connectivity index (χ2v) is 3.77. The van der Waals surface area contributed by atoms with Gasteiger partial charge in [0.05, 0.1) is 4.92 Å². The Bertz CT molecular complexity index is 755. The number of nitrogens with one attached hydrogen (secondary N) is 1. The van der Waals surface area contributed by atoms with E-state index in [0.717, 1.165) is 0 Å². The van der Waals surface area contributed by atoms with Crippen LogP contribution in [0.5, 0.6) is 5.88 Å². The fraction of sp³-hybridized carbons (Fsp3) is 0. The molecule has 0 radical (unpaired) electrons. The molecule has 102 valence electrons. The highest BCUT2D eigenvalue weighted by atomic mass is 19.1. The predicted octanol–water partition coefficient (Wildman–Crippen LogP) is 1.69. The second-order valence-electron chi connectivity index (χ2n) is 3.77. The van der Waals surface area contributed by atoms with Gasteiger partial charge in [0.1, 0.15) is 11.6 Å². The predicted molar refractivity (Wildman–Crippen MR) is 68.5 cm³/mol. The van der Waals surface area contributed by atoms with E-state index in [1.807, 2.05) is 0 Å². The van der Waals surface area contributed by atoms with Crippen molar-refractivity contribution in [3.05, 3.63) is 61.9 Å². The molecule has 7 nitrogen and oxygen atoms in total. The quantitative estimate of drug-likeness (QED) is 0.655. The monoisotopic (exact) mass is 277 g/mol. The molecule has 0 amide bonds. The Labute approximate surface area is 111 Å². The molecule has 0 aliphatic heterocycles. The Morgan fingerprint density at radius 1 is 1.40 bits per heavy atom. The van der Waals surface area contributed by atoms with Gasteiger partial charge in [-0.1, -0.05) is 18.2 Å². The van der Waals surface area contributed by atoms with Crippen LogP contribution in [0.3, 0.4) is 0 Å². The van der Waals surface area contributed by atoms with E-state index in [4.69, 9.17) is 0 Å². The third kappa shape index (κ3) is 2.86. The van der Waals surface area contributed by atoms with Gasteiger partial charge >= 0.3 is 11.2 Å². The molecule has 1 heterocycles. The number of hydrogen-bond acceptors (Lipinski definition) is 5. The van der Waals surface area contributed by atoms with Crippen LogP contribution in [-0.4, -0.2) is 20.0 Å². The molecule has 0 saturated carbocycles. The Balaban J connectivity index is 2.36. The summed E-state index contributed by atoms with van der Waals surface area (Å²) >= 11 is 0. The highest BCUT2D eigenvalue weighted by Gasteiger charge is 2.21. The van der Waals surface area contributed by atoms with E-state index in [1.54, 1.807) is 6.07 Å². The van der Waals surface area contributed by atoms with Crippen molar-refractivity contribution in [2.24, 2.45) is 0 Å². The smallest absolute Gasteiger partial charge is 0.395 e. The van der Waals surface area contributed by atoms with Crippen LogP contribution in [0.25, 0.3) is 12.2 Å². The maximum Gasteiger partial charge on any atom is 0.395 e. The summed E-state index contributed by atoms with van der Waals surface area (Å²) in [6.45, 7) is 0. The molecule has 1 aromatic heterocycles. The van der Waals surface area contributed by atoms with E-state index in [9.17, 15) is 24.4 Å². The first-order chi connectivity index (χ1) is 9.47. The number of rotatable bonds is 3. The van der Waals surface area contributed by atoms with Crippen molar-refractivity contribution in [3.63, 3.8) is 0 Å². The summed E-state index contributed by atoms with van der Waals surface area (Å²) in [6.07, 6.45) is 2.73. The average molecular weight is 277 g/mol. The number of aromatic hydroxyl groups is 1. The van der Waals surface area contributed by atoms with Gasteiger partial charge in [-0.05, 0) is 23.8 Å². The van der Waals surface area contributed by atoms with Gasteiger partial charge in [-0.2, -0.15) is 4.98 Å². The number of nitro groups is 1. The summed E-state index contributed by atoms with van der Waals surface area (Å²) in [4.78, 5) is 26.5. The SMILES string of the molecule is O=c1[nH]c(/C=C/c2cccc(F)c2)nc(O)c1[N+](=O)[O-]. The summed E-state index contributed by atoms with van der Waals surface area (Å²) in [5, 5.41) is 19.8. The average Bonchev–Trinajstić information content (AvgIpc) is 2.35. The maximum absolute atomic E-state index is 12.9.